The van der Waals surface area contributed by atoms with Gasteiger partial charge in [0.2, 0.25) is 0 Å². The highest BCUT2D eigenvalue weighted by Crippen LogP contribution is 2.50. The Hall–Kier alpha value is -0.890. The van der Waals surface area contributed by atoms with Gasteiger partial charge in [-0.2, -0.15) is 0 Å². The first-order valence-electron chi connectivity index (χ1n) is 6.24. The second kappa shape index (κ2) is 7.52. The Balaban J connectivity index is 2.88. The third-order valence-corrected chi connectivity index (χ3v) is 4.54. The summed E-state index contributed by atoms with van der Waals surface area (Å²) >= 11 is 0. The van der Waals surface area contributed by atoms with Crippen molar-refractivity contribution >= 4 is 13.2 Å². The molecule has 0 radical (unpaired) electrons. The normalized spacial score (nSPS) is 12.7. The molecule has 0 fully saturated rings. The third-order valence-electron chi connectivity index (χ3n) is 2.51. The van der Waals surface area contributed by atoms with Crippen molar-refractivity contribution in [3.63, 3.8) is 0 Å². The van der Waals surface area contributed by atoms with Gasteiger partial charge < -0.3 is 9.05 Å². The largest absolute Gasteiger partial charge is 0.335 e. The van der Waals surface area contributed by atoms with Crippen LogP contribution in [0.25, 0.3) is 5.57 Å². The molecule has 0 aliphatic heterocycles. The van der Waals surface area contributed by atoms with Gasteiger partial charge in [0.25, 0.3) is 0 Å². The molecule has 1 aromatic carbocycles. The molecule has 0 saturated carbocycles. The minimum Gasteiger partial charge on any atom is -0.309 e. The van der Waals surface area contributed by atoms with E-state index in [0.717, 1.165) is 11.1 Å². The molecule has 0 aliphatic carbocycles. The quantitative estimate of drug-likeness (QED) is 0.689. The number of rotatable bonds is 7. The molecule has 3 nitrogen and oxygen atoms in total. The van der Waals surface area contributed by atoms with Crippen molar-refractivity contribution in [2.75, 3.05) is 19.4 Å². The molecule has 0 saturated heterocycles. The van der Waals surface area contributed by atoms with Crippen molar-refractivity contribution in [3.8, 4) is 0 Å². The molecule has 18 heavy (non-hydrogen) atoms. The maximum Gasteiger partial charge on any atom is 0.335 e. The molecule has 0 spiro atoms. The molecule has 0 amide bonds. The van der Waals surface area contributed by atoms with Gasteiger partial charge in [0.15, 0.2) is 0 Å². The smallest absolute Gasteiger partial charge is 0.309 e. The van der Waals surface area contributed by atoms with Gasteiger partial charge in [-0.05, 0) is 31.9 Å². The Morgan fingerprint density at radius 2 is 1.72 bits per heavy atom. The SMILES string of the molecule is C/C=C(/CP(=O)(OCC)OCC)c1ccccc1. The minimum absolute atomic E-state index is 0.315. The van der Waals surface area contributed by atoms with Crippen LogP contribution >= 0.6 is 7.60 Å². The standard InChI is InChI=1S/C14H21O3P/c1-4-13(14-10-8-7-9-11-14)12-18(15,16-5-2)17-6-3/h4,7-11H,5-6,12H2,1-3H3/b13-4-. The summed E-state index contributed by atoms with van der Waals surface area (Å²) in [4.78, 5) is 0. The van der Waals surface area contributed by atoms with Gasteiger partial charge in [-0.1, -0.05) is 36.4 Å². The first-order chi connectivity index (χ1) is 8.65. The highest BCUT2D eigenvalue weighted by molar-refractivity contribution is 7.54. The van der Waals surface area contributed by atoms with Crippen LogP contribution in [-0.4, -0.2) is 19.4 Å². The lowest BCUT2D eigenvalue weighted by Crippen LogP contribution is -2.02. The van der Waals surface area contributed by atoms with E-state index in [4.69, 9.17) is 9.05 Å². The summed E-state index contributed by atoms with van der Waals surface area (Å²) in [5.41, 5.74) is 2.04. The highest BCUT2D eigenvalue weighted by Gasteiger charge is 2.25. The van der Waals surface area contributed by atoms with Gasteiger partial charge >= 0.3 is 7.60 Å². The van der Waals surface area contributed by atoms with Crippen molar-refractivity contribution in [3.05, 3.63) is 42.0 Å². The van der Waals surface area contributed by atoms with E-state index in [1.165, 1.54) is 0 Å². The van der Waals surface area contributed by atoms with Crippen molar-refractivity contribution in [2.24, 2.45) is 0 Å². The van der Waals surface area contributed by atoms with E-state index in [0.29, 0.717) is 19.4 Å². The van der Waals surface area contributed by atoms with Crippen LogP contribution in [0, 0.1) is 0 Å². The topological polar surface area (TPSA) is 35.5 Å². The van der Waals surface area contributed by atoms with Crippen LogP contribution in [-0.2, 0) is 13.6 Å². The zero-order chi connectivity index (χ0) is 13.4. The van der Waals surface area contributed by atoms with E-state index in [2.05, 4.69) is 0 Å². The van der Waals surface area contributed by atoms with Crippen LogP contribution in [0.15, 0.2) is 36.4 Å². The maximum absolute atomic E-state index is 12.5. The van der Waals surface area contributed by atoms with E-state index in [9.17, 15) is 4.57 Å². The summed E-state index contributed by atoms with van der Waals surface area (Å²) in [5, 5.41) is 0. The van der Waals surface area contributed by atoms with E-state index in [1.807, 2.05) is 57.2 Å². The Kier molecular flexibility index (Phi) is 6.34. The average Bonchev–Trinajstić information content (AvgIpc) is 2.38. The van der Waals surface area contributed by atoms with Crippen molar-refractivity contribution in [1.82, 2.24) is 0 Å². The molecule has 1 aromatic rings. The summed E-state index contributed by atoms with van der Waals surface area (Å²) in [6, 6.07) is 9.88. The molecule has 100 valence electrons. The molecular weight excluding hydrogens is 247 g/mol. The molecule has 0 N–H and O–H groups in total. The van der Waals surface area contributed by atoms with Gasteiger partial charge in [0.1, 0.15) is 0 Å². The Labute approximate surface area is 109 Å². The van der Waals surface area contributed by atoms with Crippen LogP contribution in [0.2, 0.25) is 0 Å². The monoisotopic (exact) mass is 268 g/mol. The Bertz CT molecular complexity index is 416. The van der Waals surface area contributed by atoms with Crippen LogP contribution in [0.5, 0.6) is 0 Å². The number of hydrogen-bond donors (Lipinski definition) is 0. The lowest BCUT2D eigenvalue weighted by atomic mass is 10.1. The first kappa shape index (κ1) is 15.2. The third kappa shape index (κ3) is 4.41. The predicted molar refractivity (Wildman–Crippen MR) is 75.8 cm³/mol. The van der Waals surface area contributed by atoms with Crippen molar-refractivity contribution in [1.29, 1.82) is 0 Å². The van der Waals surface area contributed by atoms with Crippen molar-refractivity contribution < 1.29 is 13.6 Å². The van der Waals surface area contributed by atoms with E-state index in [-0.39, 0.29) is 0 Å². The highest BCUT2D eigenvalue weighted by atomic mass is 31.2. The van der Waals surface area contributed by atoms with Crippen LogP contribution in [0.4, 0.5) is 0 Å². The molecule has 0 aromatic heterocycles. The van der Waals surface area contributed by atoms with Gasteiger partial charge in [-0.3, -0.25) is 4.57 Å². The fourth-order valence-electron chi connectivity index (χ4n) is 1.73. The fourth-order valence-corrected chi connectivity index (χ4v) is 3.56. The van der Waals surface area contributed by atoms with Gasteiger partial charge in [-0.25, -0.2) is 0 Å². The minimum atomic E-state index is -3.03. The van der Waals surface area contributed by atoms with Gasteiger partial charge in [-0.15, -0.1) is 0 Å². The summed E-state index contributed by atoms with van der Waals surface area (Å²) < 4.78 is 23.1. The van der Waals surface area contributed by atoms with E-state index < -0.39 is 7.60 Å². The van der Waals surface area contributed by atoms with E-state index >= 15 is 0 Å². The lowest BCUT2D eigenvalue weighted by Gasteiger charge is -2.18. The van der Waals surface area contributed by atoms with E-state index in [1.54, 1.807) is 0 Å². The van der Waals surface area contributed by atoms with Crippen LogP contribution in [0.3, 0.4) is 0 Å². The zero-order valence-corrected chi connectivity index (χ0v) is 12.2. The van der Waals surface area contributed by atoms with Gasteiger partial charge in [0, 0.05) is 0 Å². The molecular formula is C14H21O3P. The molecule has 0 unspecified atom stereocenters. The molecule has 4 heteroatoms. The first-order valence-corrected chi connectivity index (χ1v) is 7.96. The van der Waals surface area contributed by atoms with Crippen LogP contribution < -0.4 is 0 Å². The molecule has 0 bridgehead atoms. The summed E-state index contributed by atoms with van der Waals surface area (Å²) in [6.07, 6.45) is 2.27. The Morgan fingerprint density at radius 3 is 2.17 bits per heavy atom. The maximum atomic E-state index is 12.5. The molecule has 0 heterocycles. The Morgan fingerprint density at radius 1 is 1.17 bits per heavy atom. The number of hydrogen-bond acceptors (Lipinski definition) is 3. The second-order valence-corrected chi connectivity index (χ2v) is 5.84. The predicted octanol–water partition coefficient (Wildman–Crippen LogP) is 4.36. The number of allylic oxidation sites excluding steroid dienone is 2. The fraction of sp³-hybridized carbons (Fsp3) is 0.429. The molecule has 0 aliphatic rings. The summed E-state index contributed by atoms with van der Waals surface area (Å²) in [7, 11) is -3.03. The van der Waals surface area contributed by atoms with Crippen LogP contribution in [0.1, 0.15) is 26.3 Å². The van der Waals surface area contributed by atoms with Gasteiger partial charge in [0.05, 0.1) is 19.4 Å². The summed E-state index contributed by atoms with van der Waals surface area (Å²) in [6.45, 7) is 6.36. The molecule has 1 rings (SSSR count). The lowest BCUT2D eigenvalue weighted by molar-refractivity contribution is 0.223. The molecule has 0 atom stereocenters. The summed E-state index contributed by atoms with van der Waals surface area (Å²) in [5.74, 6) is 0. The average molecular weight is 268 g/mol. The second-order valence-electron chi connectivity index (χ2n) is 3.78. The zero-order valence-electron chi connectivity index (χ0n) is 11.3. The van der Waals surface area contributed by atoms with Crippen molar-refractivity contribution in [2.45, 2.75) is 20.8 Å². The number of benzene rings is 1.